The molecule has 32 heavy (non-hydrogen) atoms. The van der Waals surface area contributed by atoms with Gasteiger partial charge < -0.3 is 24.4 Å². The molecule has 1 atom stereocenters. The van der Waals surface area contributed by atoms with Gasteiger partial charge in [-0.3, -0.25) is 9.59 Å². The fourth-order valence-corrected chi connectivity index (χ4v) is 3.26. The van der Waals surface area contributed by atoms with Crippen molar-refractivity contribution in [2.24, 2.45) is 0 Å². The second-order valence-electron chi connectivity index (χ2n) is 7.31. The Morgan fingerprint density at radius 2 is 1.72 bits per heavy atom. The highest BCUT2D eigenvalue weighted by Gasteiger charge is 2.26. The zero-order valence-corrected chi connectivity index (χ0v) is 19.8. The summed E-state index contributed by atoms with van der Waals surface area (Å²) in [7, 11) is 3.07. The highest BCUT2D eigenvalue weighted by Crippen LogP contribution is 2.27. The minimum absolute atomic E-state index is 0.211. The standard InChI is InChI=1S/C24H31ClN2O5/c1-5-6-10-26-24(29)17(2)27(15-18-8-7-9-19(25)11-18)23(28)16-32-22-13-20(30-3)12-21(14-22)31-4/h7-9,11-14,17H,5-6,10,15-16H2,1-4H3,(H,26,29)/t17-/m0/s1. The minimum Gasteiger partial charge on any atom is -0.496 e. The van der Waals surface area contributed by atoms with Crippen molar-refractivity contribution in [1.82, 2.24) is 10.2 Å². The zero-order valence-electron chi connectivity index (χ0n) is 19.0. The normalized spacial score (nSPS) is 11.4. The van der Waals surface area contributed by atoms with Crippen LogP contribution in [0.1, 0.15) is 32.3 Å². The van der Waals surface area contributed by atoms with Crippen LogP contribution in [-0.2, 0) is 16.1 Å². The first-order valence-electron chi connectivity index (χ1n) is 10.6. The number of benzene rings is 2. The summed E-state index contributed by atoms with van der Waals surface area (Å²) in [6.07, 6.45) is 1.85. The first kappa shape index (κ1) is 25.3. The number of nitrogens with zero attached hydrogens (tertiary/aromatic N) is 1. The van der Waals surface area contributed by atoms with E-state index < -0.39 is 6.04 Å². The van der Waals surface area contributed by atoms with Crippen LogP contribution in [0, 0.1) is 0 Å². The van der Waals surface area contributed by atoms with Gasteiger partial charge in [0.1, 0.15) is 23.3 Å². The van der Waals surface area contributed by atoms with Crippen LogP contribution >= 0.6 is 11.6 Å². The van der Waals surface area contributed by atoms with E-state index in [1.165, 1.54) is 19.1 Å². The Bertz CT molecular complexity index is 883. The minimum atomic E-state index is -0.679. The molecule has 2 aromatic rings. The van der Waals surface area contributed by atoms with Crippen molar-refractivity contribution < 1.29 is 23.8 Å². The van der Waals surface area contributed by atoms with Crippen molar-refractivity contribution >= 4 is 23.4 Å². The Kier molecular flexibility index (Phi) is 10.1. The fourth-order valence-electron chi connectivity index (χ4n) is 3.04. The molecule has 1 N–H and O–H groups in total. The van der Waals surface area contributed by atoms with E-state index in [0.717, 1.165) is 18.4 Å². The molecule has 0 radical (unpaired) electrons. The van der Waals surface area contributed by atoms with E-state index in [2.05, 4.69) is 12.2 Å². The predicted octanol–water partition coefficient (Wildman–Crippen LogP) is 4.07. The van der Waals surface area contributed by atoms with E-state index in [4.69, 9.17) is 25.8 Å². The van der Waals surface area contributed by atoms with Gasteiger partial charge in [0.05, 0.1) is 14.2 Å². The SMILES string of the molecule is CCCCNC(=O)[C@H](C)N(Cc1cccc(Cl)c1)C(=O)COc1cc(OC)cc(OC)c1. The summed E-state index contributed by atoms with van der Waals surface area (Å²) in [6.45, 7) is 4.31. The maximum atomic E-state index is 13.1. The summed E-state index contributed by atoms with van der Waals surface area (Å²) in [5.74, 6) is 0.983. The molecule has 7 nitrogen and oxygen atoms in total. The van der Waals surface area contributed by atoms with Crippen LogP contribution in [0.15, 0.2) is 42.5 Å². The summed E-state index contributed by atoms with van der Waals surface area (Å²) in [5, 5.41) is 3.45. The molecule has 0 unspecified atom stereocenters. The molecule has 2 aromatic carbocycles. The summed E-state index contributed by atoms with van der Waals surface area (Å²) >= 11 is 6.10. The molecule has 0 aliphatic heterocycles. The van der Waals surface area contributed by atoms with Crippen molar-refractivity contribution in [1.29, 1.82) is 0 Å². The Morgan fingerprint density at radius 1 is 1.06 bits per heavy atom. The van der Waals surface area contributed by atoms with E-state index >= 15 is 0 Å². The molecule has 0 aromatic heterocycles. The van der Waals surface area contributed by atoms with Gasteiger partial charge in [0.15, 0.2) is 6.61 Å². The lowest BCUT2D eigenvalue weighted by Gasteiger charge is -2.29. The molecule has 0 bridgehead atoms. The van der Waals surface area contributed by atoms with Gasteiger partial charge >= 0.3 is 0 Å². The average Bonchev–Trinajstić information content (AvgIpc) is 2.80. The number of nitrogens with one attached hydrogen (secondary N) is 1. The topological polar surface area (TPSA) is 77.1 Å². The third-order valence-electron chi connectivity index (χ3n) is 4.93. The molecule has 174 valence electrons. The Labute approximate surface area is 194 Å². The summed E-state index contributed by atoms with van der Waals surface area (Å²) in [4.78, 5) is 27.3. The quantitative estimate of drug-likeness (QED) is 0.481. The molecule has 0 fully saturated rings. The van der Waals surface area contributed by atoms with Gasteiger partial charge in [0.2, 0.25) is 5.91 Å². The molecule has 0 saturated heterocycles. The van der Waals surface area contributed by atoms with Crippen LogP contribution in [0.3, 0.4) is 0 Å². The molecule has 8 heteroatoms. The lowest BCUT2D eigenvalue weighted by molar-refractivity contribution is -0.142. The van der Waals surface area contributed by atoms with Gasteiger partial charge in [-0.05, 0) is 31.0 Å². The molecule has 0 aliphatic carbocycles. The molecule has 0 aliphatic rings. The number of carbonyl (C=O) groups is 2. The number of methoxy groups -OCH3 is 2. The van der Waals surface area contributed by atoms with Crippen molar-refractivity contribution in [3.63, 3.8) is 0 Å². The fraction of sp³-hybridized carbons (Fsp3) is 0.417. The van der Waals surface area contributed by atoms with Gasteiger partial charge in [-0.1, -0.05) is 37.1 Å². The smallest absolute Gasteiger partial charge is 0.261 e. The third kappa shape index (κ3) is 7.64. The summed E-state index contributed by atoms with van der Waals surface area (Å²) in [5.41, 5.74) is 0.821. The Morgan fingerprint density at radius 3 is 2.31 bits per heavy atom. The van der Waals surface area contributed by atoms with Crippen molar-refractivity contribution in [3.8, 4) is 17.2 Å². The number of amides is 2. The molecule has 2 rings (SSSR count). The van der Waals surface area contributed by atoms with E-state index in [-0.39, 0.29) is 25.0 Å². The van der Waals surface area contributed by atoms with Crippen molar-refractivity contribution in [2.75, 3.05) is 27.4 Å². The van der Waals surface area contributed by atoms with Crippen LogP contribution in [0.5, 0.6) is 17.2 Å². The van der Waals surface area contributed by atoms with Gasteiger partial charge in [0, 0.05) is 36.3 Å². The van der Waals surface area contributed by atoms with Gasteiger partial charge in [-0.15, -0.1) is 0 Å². The van der Waals surface area contributed by atoms with E-state index in [0.29, 0.717) is 28.8 Å². The molecule has 0 saturated carbocycles. The number of hydrogen-bond acceptors (Lipinski definition) is 5. The molecular formula is C24H31ClN2O5. The van der Waals surface area contributed by atoms with Crippen LogP contribution in [0.25, 0.3) is 0 Å². The first-order valence-corrected chi connectivity index (χ1v) is 10.9. The van der Waals surface area contributed by atoms with Crippen LogP contribution in [0.4, 0.5) is 0 Å². The number of carbonyl (C=O) groups excluding carboxylic acids is 2. The number of ether oxygens (including phenoxy) is 3. The van der Waals surface area contributed by atoms with Gasteiger partial charge in [0.25, 0.3) is 5.91 Å². The third-order valence-corrected chi connectivity index (χ3v) is 5.16. The van der Waals surface area contributed by atoms with Crippen LogP contribution in [0.2, 0.25) is 5.02 Å². The molecule has 0 spiro atoms. The number of rotatable bonds is 12. The van der Waals surface area contributed by atoms with Crippen LogP contribution in [-0.4, -0.2) is 50.1 Å². The van der Waals surface area contributed by atoms with E-state index in [1.807, 2.05) is 12.1 Å². The van der Waals surface area contributed by atoms with Crippen molar-refractivity contribution in [3.05, 3.63) is 53.1 Å². The molecule has 2 amide bonds. The summed E-state index contributed by atoms with van der Waals surface area (Å²) < 4.78 is 16.2. The summed E-state index contributed by atoms with van der Waals surface area (Å²) in [6, 6.07) is 11.6. The lowest BCUT2D eigenvalue weighted by atomic mass is 10.1. The van der Waals surface area contributed by atoms with Gasteiger partial charge in [-0.2, -0.15) is 0 Å². The first-order chi connectivity index (χ1) is 15.4. The zero-order chi connectivity index (χ0) is 23.5. The molecular weight excluding hydrogens is 432 g/mol. The van der Waals surface area contributed by atoms with Crippen LogP contribution < -0.4 is 19.5 Å². The second-order valence-corrected chi connectivity index (χ2v) is 7.75. The van der Waals surface area contributed by atoms with E-state index in [9.17, 15) is 9.59 Å². The number of halogens is 1. The van der Waals surface area contributed by atoms with Gasteiger partial charge in [-0.25, -0.2) is 0 Å². The lowest BCUT2D eigenvalue weighted by Crippen LogP contribution is -2.49. The number of unbranched alkanes of at least 4 members (excludes halogenated alkanes) is 1. The second kappa shape index (κ2) is 12.8. The highest BCUT2D eigenvalue weighted by molar-refractivity contribution is 6.30. The number of hydrogen-bond donors (Lipinski definition) is 1. The Hall–Kier alpha value is -2.93. The monoisotopic (exact) mass is 462 g/mol. The Balaban J connectivity index is 2.16. The maximum absolute atomic E-state index is 13.1. The average molecular weight is 463 g/mol. The predicted molar refractivity (Wildman–Crippen MR) is 124 cm³/mol. The van der Waals surface area contributed by atoms with E-state index in [1.54, 1.807) is 37.3 Å². The maximum Gasteiger partial charge on any atom is 0.261 e. The molecule has 0 heterocycles. The largest absolute Gasteiger partial charge is 0.496 e. The highest BCUT2D eigenvalue weighted by atomic mass is 35.5. The van der Waals surface area contributed by atoms with Crippen molar-refractivity contribution in [2.45, 2.75) is 39.3 Å².